The third kappa shape index (κ3) is 3.01. The van der Waals surface area contributed by atoms with E-state index in [0.29, 0.717) is 0 Å². The molecule has 1 rings (SSSR count). The van der Waals surface area contributed by atoms with E-state index >= 15 is 0 Å². The number of thiol groups is 1. The summed E-state index contributed by atoms with van der Waals surface area (Å²) in [6, 6.07) is 4.08. The number of benzene rings is 1. The van der Waals surface area contributed by atoms with Crippen LogP contribution in [0.25, 0.3) is 0 Å². The summed E-state index contributed by atoms with van der Waals surface area (Å²) in [4.78, 5) is 12.0. The standard InChI is InChI=1S/C13H19NOS/c1-8-11(14-9(2)15)6-10(7-12(8)16)13(3,4)5/h6-7,16H,1-5H3,(H,14,15). The fourth-order valence-electron chi connectivity index (χ4n) is 1.45. The Morgan fingerprint density at radius 3 is 2.31 bits per heavy atom. The maximum atomic E-state index is 11.1. The predicted molar refractivity (Wildman–Crippen MR) is 71.4 cm³/mol. The van der Waals surface area contributed by atoms with Crippen LogP contribution in [0.5, 0.6) is 0 Å². The Kier molecular flexibility index (Phi) is 3.68. The molecule has 0 fully saturated rings. The van der Waals surface area contributed by atoms with Gasteiger partial charge >= 0.3 is 0 Å². The first-order valence-electron chi connectivity index (χ1n) is 5.33. The molecule has 1 N–H and O–H groups in total. The maximum Gasteiger partial charge on any atom is 0.221 e. The molecule has 88 valence electrons. The molecule has 0 atom stereocenters. The molecule has 0 saturated carbocycles. The fraction of sp³-hybridized carbons (Fsp3) is 0.462. The predicted octanol–water partition coefficient (Wildman–Crippen LogP) is 3.54. The topological polar surface area (TPSA) is 29.1 Å². The van der Waals surface area contributed by atoms with E-state index in [-0.39, 0.29) is 11.3 Å². The molecule has 0 aliphatic heterocycles. The fourth-order valence-corrected chi connectivity index (χ4v) is 1.71. The van der Waals surface area contributed by atoms with E-state index in [1.54, 1.807) is 0 Å². The van der Waals surface area contributed by atoms with Crippen molar-refractivity contribution in [2.75, 3.05) is 5.32 Å². The molecule has 2 nitrogen and oxygen atoms in total. The van der Waals surface area contributed by atoms with Gasteiger partial charge in [-0.05, 0) is 35.6 Å². The second kappa shape index (κ2) is 4.50. The van der Waals surface area contributed by atoms with Gasteiger partial charge in [0.25, 0.3) is 0 Å². The minimum Gasteiger partial charge on any atom is -0.326 e. The zero-order valence-electron chi connectivity index (χ0n) is 10.5. The van der Waals surface area contributed by atoms with Gasteiger partial charge in [0.05, 0.1) is 0 Å². The minimum atomic E-state index is -0.0538. The monoisotopic (exact) mass is 237 g/mol. The lowest BCUT2D eigenvalue weighted by Crippen LogP contribution is -2.14. The molecule has 0 saturated heterocycles. The number of hydrogen-bond donors (Lipinski definition) is 2. The van der Waals surface area contributed by atoms with Crippen molar-refractivity contribution < 1.29 is 4.79 Å². The molecule has 0 radical (unpaired) electrons. The van der Waals surface area contributed by atoms with Gasteiger partial charge in [-0.2, -0.15) is 0 Å². The van der Waals surface area contributed by atoms with Crippen LogP contribution in [-0.2, 0) is 10.2 Å². The summed E-state index contributed by atoms with van der Waals surface area (Å²) in [5.74, 6) is -0.0538. The molecule has 1 amide bonds. The van der Waals surface area contributed by atoms with Crippen LogP contribution in [0, 0.1) is 6.92 Å². The van der Waals surface area contributed by atoms with E-state index < -0.39 is 0 Å². The van der Waals surface area contributed by atoms with Gasteiger partial charge in [0.15, 0.2) is 0 Å². The van der Waals surface area contributed by atoms with Crippen molar-refractivity contribution in [1.29, 1.82) is 0 Å². The van der Waals surface area contributed by atoms with E-state index in [1.165, 1.54) is 12.5 Å². The van der Waals surface area contributed by atoms with Crippen LogP contribution in [0.4, 0.5) is 5.69 Å². The number of hydrogen-bond acceptors (Lipinski definition) is 2. The van der Waals surface area contributed by atoms with Crippen LogP contribution < -0.4 is 5.32 Å². The number of rotatable bonds is 1. The van der Waals surface area contributed by atoms with Crippen LogP contribution in [0.15, 0.2) is 17.0 Å². The molecular weight excluding hydrogens is 218 g/mol. The minimum absolute atomic E-state index is 0.0538. The van der Waals surface area contributed by atoms with Gasteiger partial charge in [0.1, 0.15) is 0 Å². The highest BCUT2D eigenvalue weighted by molar-refractivity contribution is 7.80. The summed E-state index contributed by atoms with van der Waals surface area (Å²) in [6.07, 6.45) is 0. The van der Waals surface area contributed by atoms with E-state index in [2.05, 4.69) is 44.8 Å². The average molecular weight is 237 g/mol. The SMILES string of the molecule is CC(=O)Nc1cc(C(C)(C)C)cc(S)c1C. The van der Waals surface area contributed by atoms with Gasteiger partial charge in [-0.25, -0.2) is 0 Å². The summed E-state index contributed by atoms with van der Waals surface area (Å²) < 4.78 is 0. The van der Waals surface area contributed by atoms with Crippen LogP contribution in [0.1, 0.15) is 38.8 Å². The molecule has 1 aromatic rings. The van der Waals surface area contributed by atoms with E-state index in [1.807, 2.05) is 13.0 Å². The largest absolute Gasteiger partial charge is 0.326 e. The van der Waals surface area contributed by atoms with Gasteiger partial charge in [-0.3, -0.25) is 4.79 Å². The summed E-state index contributed by atoms with van der Waals surface area (Å²) in [7, 11) is 0. The quantitative estimate of drug-likeness (QED) is 0.719. The zero-order chi connectivity index (χ0) is 12.5. The first-order chi connectivity index (χ1) is 7.21. The van der Waals surface area contributed by atoms with Crippen LogP contribution in [0.2, 0.25) is 0 Å². The Bertz CT molecular complexity index is 419. The summed E-state index contributed by atoms with van der Waals surface area (Å²) in [5.41, 5.74) is 3.08. The van der Waals surface area contributed by atoms with Crippen molar-refractivity contribution in [1.82, 2.24) is 0 Å². The van der Waals surface area contributed by atoms with Crippen molar-refractivity contribution in [2.45, 2.75) is 44.9 Å². The van der Waals surface area contributed by atoms with Gasteiger partial charge < -0.3 is 5.32 Å². The lowest BCUT2D eigenvalue weighted by Gasteiger charge is -2.22. The summed E-state index contributed by atoms with van der Waals surface area (Å²) in [5, 5.41) is 2.84. The Labute approximate surface area is 103 Å². The molecule has 1 aromatic carbocycles. The second-order valence-electron chi connectivity index (χ2n) is 5.10. The zero-order valence-corrected chi connectivity index (χ0v) is 11.4. The average Bonchev–Trinajstić information content (AvgIpc) is 2.10. The highest BCUT2D eigenvalue weighted by atomic mass is 32.1. The molecule has 0 heterocycles. The van der Waals surface area contributed by atoms with Crippen LogP contribution in [0.3, 0.4) is 0 Å². The summed E-state index contributed by atoms with van der Waals surface area (Å²) >= 11 is 4.44. The van der Waals surface area contributed by atoms with Crippen LogP contribution in [-0.4, -0.2) is 5.91 Å². The van der Waals surface area contributed by atoms with Gasteiger partial charge in [0.2, 0.25) is 5.91 Å². The molecule has 0 aliphatic carbocycles. The molecule has 0 unspecified atom stereocenters. The molecular formula is C13H19NOS. The van der Waals surface area contributed by atoms with Crippen molar-refractivity contribution in [3.8, 4) is 0 Å². The van der Waals surface area contributed by atoms with Crippen molar-refractivity contribution in [2.24, 2.45) is 0 Å². The van der Waals surface area contributed by atoms with Crippen molar-refractivity contribution >= 4 is 24.2 Å². The first-order valence-corrected chi connectivity index (χ1v) is 5.78. The smallest absolute Gasteiger partial charge is 0.221 e. The highest BCUT2D eigenvalue weighted by Gasteiger charge is 2.16. The van der Waals surface area contributed by atoms with Gasteiger partial charge in [-0.1, -0.05) is 20.8 Å². The maximum absolute atomic E-state index is 11.1. The lowest BCUT2D eigenvalue weighted by molar-refractivity contribution is -0.114. The molecule has 0 bridgehead atoms. The first kappa shape index (κ1) is 13.1. The Morgan fingerprint density at radius 1 is 1.31 bits per heavy atom. The number of anilines is 1. The van der Waals surface area contributed by atoms with Crippen molar-refractivity contribution in [3.05, 3.63) is 23.3 Å². The van der Waals surface area contributed by atoms with E-state index in [9.17, 15) is 4.79 Å². The molecule has 0 spiro atoms. The van der Waals surface area contributed by atoms with Gasteiger partial charge in [-0.15, -0.1) is 12.6 Å². The van der Waals surface area contributed by atoms with Crippen LogP contribution >= 0.6 is 12.6 Å². The number of nitrogens with one attached hydrogen (secondary N) is 1. The Morgan fingerprint density at radius 2 is 1.88 bits per heavy atom. The third-order valence-corrected chi connectivity index (χ3v) is 3.02. The van der Waals surface area contributed by atoms with E-state index in [0.717, 1.165) is 16.1 Å². The molecule has 16 heavy (non-hydrogen) atoms. The van der Waals surface area contributed by atoms with E-state index in [4.69, 9.17) is 0 Å². The number of amides is 1. The molecule has 0 aromatic heterocycles. The summed E-state index contributed by atoms with van der Waals surface area (Å²) in [6.45, 7) is 9.90. The molecule has 3 heteroatoms. The van der Waals surface area contributed by atoms with Crippen molar-refractivity contribution in [3.63, 3.8) is 0 Å². The van der Waals surface area contributed by atoms with Gasteiger partial charge in [0, 0.05) is 17.5 Å². The number of carbonyl (C=O) groups excluding carboxylic acids is 1. The third-order valence-electron chi connectivity index (χ3n) is 2.56. The Balaban J connectivity index is 3.27. The number of carbonyl (C=O) groups is 1. The second-order valence-corrected chi connectivity index (χ2v) is 5.58. The highest BCUT2D eigenvalue weighted by Crippen LogP contribution is 2.31. The molecule has 0 aliphatic rings. The lowest BCUT2D eigenvalue weighted by atomic mass is 9.86. The Hall–Kier alpha value is -0.960. The normalized spacial score (nSPS) is 11.4.